The Hall–Kier alpha value is -3.07. The van der Waals surface area contributed by atoms with Crippen LogP contribution in [0.5, 0.6) is 5.75 Å². The van der Waals surface area contributed by atoms with Gasteiger partial charge in [0.25, 0.3) is 5.56 Å². The van der Waals surface area contributed by atoms with E-state index in [0.717, 1.165) is 11.3 Å². The number of imidazole rings is 1. The van der Waals surface area contributed by atoms with Crippen LogP contribution in [0.25, 0.3) is 11.2 Å². The van der Waals surface area contributed by atoms with Gasteiger partial charge in [-0.15, -0.1) is 0 Å². The van der Waals surface area contributed by atoms with Crippen LogP contribution in [0.15, 0.2) is 33.9 Å². The quantitative estimate of drug-likeness (QED) is 0.495. The zero-order valence-electron chi connectivity index (χ0n) is 15.4. The standard InChI is InChI=1S/C18H23N5O4/c1-22-15-14(16(25)21-18(22)26)23(17(20-15)19-9-3-11-24)10-8-12-4-6-13(27-2)7-5-12/h4-7,24H,3,8-11H2,1-2H3,(H,19,20)(H,21,25,26). The van der Waals surface area contributed by atoms with E-state index >= 15 is 0 Å². The maximum Gasteiger partial charge on any atom is 0.329 e. The molecule has 27 heavy (non-hydrogen) atoms. The number of hydrogen-bond acceptors (Lipinski definition) is 6. The van der Waals surface area contributed by atoms with Crippen molar-refractivity contribution in [3.8, 4) is 5.75 Å². The average molecular weight is 373 g/mol. The third kappa shape index (κ3) is 3.87. The van der Waals surface area contributed by atoms with Crippen LogP contribution in [0, 0.1) is 0 Å². The van der Waals surface area contributed by atoms with Gasteiger partial charge in [-0.05, 0) is 30.5 Å². The van der Waals surface area contributed by atoms with E-state index in [1.807, 2.05) is 24.3 Å². The number of aliphatic hydroxyl groups excluding tert-OH is 1. The third-order valence-corrected chi connectivity index (χ3v) is 4.41. The van der Waals surface area contributed by atoms with Crippen LogP contribution in [0.3, 0.4) is 0 Å². The highest BCUT2D eigenvalue weighted by atomic mass is 16.5. The molecule has 0 saturated heterocycles. The summed E-state index contributed by atoms with van der Waals surface area (Å²) >= 11 is 0. The molecule has 3 rings (SSSR count). The van der Waals surface area contributed by atoms with Crippen LogP contribution in [0.4, 0.5) is 5.95 Å². The second-order valence-corrected chi connectivity index (χ2v) is 6.18. The number of aliphatic hydroxyl groups is 1. The number of benzene rings is 1. The number of anilines is 1. The number of ether oxygens (including phenoxy) is 1. The van der Waals surface area contributed by atoms with Crippen LogP contribution in [-0.4, -0.2) is 44.5 Å². The minimum atomic E-state index is -0.505. The molecular formula is C18H23N5O4. The van der Waals surface area contributed by atoms with Gasteiger partial charge >= 0.3 is 5.69 Å². The molecule has 2 aromatic heterocycles. The Morgan fingerprint density at radius 1 is 1.26 bits per heavy atom. The molecule has 3 aromatic rings. The molecule has 0 saturated carbocycles. The first-order valence-electron chi connectivity index (χ1n) is 8.72. The first kappa shape index (κ1) is 18.7. The second kappa shape index (κ2) is 8.09. The zero-order chi connectivity index (χ0) is 19.4. The minimum absolute atomic E-state index is 0.0537. The number of aromatic amines is 1. The van der Waals surface area contributed by atoms with Crippen molar-refractivity contribution in [2.24, 2.45) is 7.05 Å². The molecule has 0 aliphatic carbocycles. The molecule has 0 bridgehead atoms. The fourth-order valence-corrected chi connectivity index (χ4v) is 2.90. The normalized spacial score (nSPS) is 11.1. The van der Waals surface area contributed by atoms with Crippen molar-refractivity contribution >= 4 is 17.1 Å². The predicted molar refractivity (Wildman–Crippen MR) is 102 cm³/mol. The molecule has 0 aliphatic rings. The molecule has 2 heterocycles. The number of aryl methyl sites for hydroxylation is 3. The summed E-state index contributed by atoms with van der Waals surface area (Å²) in [5.74, 6) is 1.28. The fourth-order valence-electron chi connectivity index (χ4n) is 2.90. The maximum absolute atomic E-state index is 12.4. The van der Waals surface area contributed by atoms with Crippen LogP contribution in [-0.2, 0) is 20.0 Å². The summed E-state index contributed by atoms with van der Waals surface area (Å²) in [6.45, 7) is 1.07. The number of fused-ring (bicyclic) bond motifs is 1. The summed E-state index contributed by atoms with van der Waals surface area (Å²) in [6.07, 6.45) is 1.23. The summed E-state index contributed by atoms with van der Waals surface area (Å²) in [4.78, 5) is 31.0. The molecule has 0 atom stereocenters. The lowest BCUT2D eigenvalue weighted by Gasteiger charge is -2.10. The maximum atomic E-state index is 12.4. The smallest absolute Gasteiger partial charge is 0.329 e. The Labute approximate surface area is 155 Å². The summed E-state index contributed by atoms with van der Waals surface area (Å²) in [5, 5.41) is 12.1. The molecular weight excluding hydrogens is 350 g/mol. The molecule has 0 aliphatic heterocycles. The van der Waals surface area contributed by atoms with Gasteiger partial charge in [-0.1, -0.05) is 12.1 Å². The van der Waals surface area contributed by atoms with Crippen LogP contribution in [0.2, 0.25) is 0 Å². The van der Waals surface area contributed by atoms with E-state index in [-0.39, 0.29) is 6.61 Å². The lowest BCUT2D eigenvalue weighted by atomic mass is 10.1. The summed E-state index contributed by atoms with van der Waals surface area (Å²) < 4.78 is 8.26. The number of rotatable bonds is 8. The first-order chi connectivity index (χ1) is 13.0. The van der Waals surface area contributed by atoms with Gasteiger partial charge < -0.3 is 19.7 Å². The monoisotopic (exact) mass is 373 g/mol. The fraction of sp³-hybridized carbons (Fsp3) is 0.389. The largest absolute Gasteiger partial charge is 0.497 e. The highest BCUT2D eigenvalue weighted by molar-refractivity contribution is 5.74. The average Bonchev–Trinajstić information content (AvgIpc) is 3.04. The van der Waals surface area contributed by atoms with Crippen molar-refractivity contribution in [3.63, 3.8) is 0 Å². The molecule has 0 fully saturated rings. The molecule has 0 amide bonds. The van der Waals surface area contributed by atoms with Crippen molar-refractivity contribution in [2.75, 3.05) is 25.6 Å². The summed E-state index contributed by atoms with van der Waals surface area (Å²) in [7, 11) is 3.19. The number of hydrogen-bond donors (Lipinski definition) is 3. The highest BCUT2D eigenvalue weighted by Crippen LogP contribution is 2.18. The first-order valence-corrected chi connectivity index (χ1v) is 8.72. The molecule has 3 N–H and O–H groups in total. The Morgan fingerprint density at radius 2 is 2.00 bits per heavy atom. The minimum Gasteiger partial charge on any atom is -0.497 e. The van der Waals surface area contributed by atoms with Gasteiger partial charge in [0.1, 0.15) is 5.75 Å². The lowest BCUT2D eigenvalue weighted by Crippen LogP contribution is -2.29. The Bertz CT molecular complexity index is 1030. The number of H-pyrrole nitrogens is 1. The predicted octanol–water partition coefficient (Wildman–Crippen LogP) is 0.469. The van der Waals surface area contributed by atoms with E-state index < -0.39 is 11.2 Å². The molecule has 0 spiro atoms. The van der Waals surface area contributed by atoms with Gasteiger partial charge in [-0.3, -0.25) is 14.3 Å². The van der Waals surface area contributed by atoms with E-state index in [1.54, 1.807) is 18.7 Å². The van der Waals surface area contributed by atoms with E-state index in [2.05, 4.69) is 15.3 Å². The SMILES string of the molecule is COc1ccc(CCn2c(NCCCO)nc3c2c(=O)[nH]c(=O)n3C)cc1. The zero-order valence-corrected chi connectivity index (χ0v) is 15.4. The molecule has 9 heteroatoms. The van der Waals surface area contributed by atoms with Crippen LogP contribution < -0.4 is 21.3 Å². The lowest BCUT2D eigenvalue weighted by molar-refractivity contribution is 0.292. The van der Waals surface area contributed by atoms with Gasteiger partial charge in [0.2, 0.25) is 5.95 Å². The third-order valence-electron chi connectivity index (χ3n) is 4.41. The van der Waals surface area contributed by atoms with Gasteiger partial charge in [0.15, 0.2) is 11.2 Å². The Balaban J connectivity index is 1.97. The van der Waals surface area contributed by atoms with E-state index in [9.17, 15) is 9.59 Å². The van der Waals surface area contributed by atoms with Gasteiger partial charge in [0, 0.05) is 26.7 Å². The molecule has 9 nitrogen and oxygen atoms in total. The van der Waals surface area contributed by atoms with Crippen molar-refractivity contribution < 1.29 is 9.84 Å². The van der Waals surface area contributed by atoms with E-state index in [4.69, 9.17) is 9.84 Å². The highest BCUT2D eigenvalue weighted by Gasteiger charge is 2.17. The number of nitrogens with zero attached hydrogens (tertiary/aromatic N) is 3. The van der Waals surface area contributed by atoms with Crippen molar-refractivity contribution in [2.45, 2.75) is 19.4 Å². The topological polar surface area (TPSA) is 114 Å². The number of nitrogens with one attached hydrogen (secondary N) is 2. The molecule has 0 unspecified atom stereocenters. The Morgan fingerprint density at radius 3 is 2.67 bits per heavy atom. The van der Waals surface area contributed by atoms with Gasteiger partial charge in [-0.25, -0.2) is 4.79 Å². The van der Waals surface area contributed by atoms with Crippen molar-refractivity contribution in [3.05, 3.63) is 50.7 Å². The van der Waals surface area contributed by atoms with E-state index in [1.165, 1.54) is 4.57 Å². The van der Waals surface area contributed by atoms with Crippen LogP contribution >= 0.6 is 0 Å². The Kier molecular flexibility index (Phi) is 5.60. The molecule has 0 radical (unpaired) electrons. The number of methoxy groups -OCH3 is 1. The van der Waals surface area contributed by atoms with Crippen molar-refractivity contribution in [1.29, 1.82) is 0 Å². The van der Waals surface area contributed by atoms with Gasteiger partial charge in [-0.2, -0.15) is 4.98 Å². The van der Waals surface area contributed by atoms with Crippen LogP contribution in [0.1, 0.15) is 12.0 Å². The summed E-state index contributed by atoms with van der Waals surface area (Å²) in [6, 6.07) is 7.71. The molecule has 1 aromatic carbocycles. The van der Waals surface area contributed by atoms with Crippen molar-refractivity contribution in [1.82, 2.24) is 19.1 Å². The second-order valence-electron chi connectivity index (χ2n) is 6.18. The summed E-state index contributed by atoms with van der Waals surface area (Å²) in [5.41, 5.74) is 0.780. The number of aromatic nitrogens is 4. The van der Waals surface area contributed by atoms with Gasteiger partial charge in [0.05, 0.1) is 7.11 Å². The molecule has 144 valence electrons. The van der Waals surface area contributed by atoms with E-state index in [0.29, 0.717) is 43.0 Å².